The van der Waals surface area contributed by atoms with Gasteiger partial charge in [0.25, 0.3) is 11.6 Å². The van der Waals surface area contributed by atoms with Gasteiger partial charge < -0.3 is 10.4 Å². The zero-order valence-electron chi connectivity index (χ0n) is 25.5. The number of hydrogen-bond donors (Lipinski definition) is 2. The standard InChI is InChI=1S/C39H29Cl2N2O4P/c40-29-23-28(38(44)34(25-29)39(45)42-36-22-21-30(43(46)47)26-35(36)41)24-37(27-13-5-1-6-14-27)48(31-15-7-2-8-16-31,32-17-9-3-10-18-32)33-19-11-4-12-20-33/h1-23,25-26,44H,24H2,(H,42,45). The number of nitro benzene ring substituents is 1. The Morgan fingerprint density at radius 1 is 0.708 bits per heavy atom. The van der Waals surface area contributed by atoms with Gasteiger partial charge in [0.1, 0.15) is 5.75 Å². The van der Waals surface area contributed by atoms with E-state index >= 15 is 0 Å². The second-order valence-electron chi connectivity index (χ2n) is 11.0. The van der Waals surface area contributed by atoms with E-state index in [0.29, 0.717) is 5.56 Å². The third-order valence-electron chi connectivity index (χ3n) is 8.11. The van der Waals surface area contributed by atoms with Crippen LogP contribution in [0.1, 0.15) is 21.5 Å². The first-order valence-corrected chi connectivity index (χ1v) is 17.6. The number of non-ortho nitro benzene ring substituents is 1. The summed E-state index contributed by atoms with van der Waals surface area (Å²) in [5.41, 5.74) is 1.35. The van der Waals surface area contributed by atoms with Crippen molar-refractivity contribution < 1.29 is 14.8 Å². The number of carbonyl (C=O) groups excluding carboxylic acids is 1. The van der Waals surface area contributed by atoms with E-state index in [1.807, 2.05) is 72.8 Å². The van der Waals surface area contributed by atoms with Gasteiger partial charge in [-0.1, -0.05) is 145 Å². The van der Waals surface area contributed by atoms with Gasteiger partial charge in [-0.3, -0.25) is 14.9 Å². The molecule has 0 spiro atoms. The van der Waals surface area contributed by atoms with Crippen molar-refractivity contribution in [3.8, 4) is 5.75 Å². The molecule has 0 atom stereocenters. The van der Waals surface area contributed by atoms with Gasteiger partial charge in [0.15, 0.2) is 0 Å². The maximum absolute atomic E-state index is 13.6. The highest BCUT2D eigenvalue weighted by Crippen LogP contribution is 2.49. The zero-order chi connectivity index (χ0) is 33.7. The third kappa shape index (κ3) is 6.51. The van der Waals surface area contributed by atoms with Crippen LogP contribution in [0.3, 0.4) is 0 Å². The average Bonchev–Trinajstić information content (AvgIpc) is 3.12. The predicted molar refractivity (Wildman–Crippen MR) is 199 cm³/mol. The fraction of sp³-hybridized carbons (Fsp3) is 0.0256. The van der Waals surface area contributed by atoms with E-state index in [9.17, 15) is 20.0 Å². The molecule has 0 aliphatic heterocycles. The number of amides is 1. The van der Waals surface area contributed by atoms with Gasteiger partial charge in [-0.25, -0.2) is 0 Å². The molecule has 9 heteroatoms. The number of phenols is 1. The van der Waals surface area contributed by atoms with E-state index < -0.39 is 17.7 Å². The lowest BCUT2D eigenvalue weighted by Crippen LogP contribution is -2.31. The zero-order valence-corrected chi connectivity index (χ0v) is 27.9. The van der Waals surface area contributed by atoms with Gasteiger partial charge in [0.05, 0.1) is 21.2 Å². The van der Waals surface area contributed by atoms with Crippen LogP contribution in [-0.4, -0.2) is 21.2 Å². The van der Waals surface area contributed by atoms with Crippen molar-refractivity contribution >= 4 is 68.6 Å². The Kier molecular flexibility index (Phi) is 9.79. The van der Waals surface area contributed by atoms with Crippen LogP contribution in [-0.2, 0) is 6.42 Å². The van der Waals surface area contributed by atoms with Gasteiger partial charge in [-0.15, -0.1) is 0 Å². The van der Waals surface area contributed by atoms with E-state index in [0.717, 1.165) is 32.8 Å². The van der Waals surface area contributed by atoms with Crippen LogP contribution in [0.2, 0.25) is 10.0 Å². The van der Waals surface area contributed by atoms with E-state index in [1.54, 1.807) is 6.07 Å². The largest absolute Gasteiger partial charge is 0.507 e. The third-order valence-corrected chi connectivity index (χ3v) is 13.1. The Hall–Kier alpha value is -5.13. The van der Waals surface area contributed by atoms with Crippen molar-refractivity contribution in [3.05, 3.63) is 189 Å². The maximum atomic E-state index is 13.6. The van der Waals surface area contributed by atoms with Gasteiger partial charge in [-0.2, -0.15) is 0 Å². The summed E-state index contributed by atoms with van der Waals surface area (Å²) in [6.07, 6.45) is 0.265. The van der Waals surface area contributed by atoms with Crippen LogP contribution < -0.4 is 21.2 Å². The van der Waals surface area contributed by atoms with Gasteiger partial charge in [-0.05, 0) is 51.9 Å². The summed E-state index contributed by atoms with van der Waals surface area (Å²) >= 11 is 12.9. The van der Waals surface area contributed by atoms with Crippen LogP contribution in [0.4, 0.5) is 11.4 Å². The van der Waals surface area contributed by atoms with Gasteiger partial charge in [0, 0.05) is 29.1 Å². The number of phenolic OH excluding ortho intramolecular Hbond substituents is 1. The second-order valence-corrected chi connectivity index (χ2v) is 15.3. The number of hydrogen-bond acceptors (Lipinski definition) is 4. The lowest BCUT2D eigenvalue weighted by molar-refractivity contribution is -0.384. The van der Waals surface area contributed by atoms with Crippen LogP contribution in [0.5, 0.6) is 5.75 Å². The molecule has 48 heavy (non-hydrogen) atoms. The Morgan fingerprint density at radius 2 is 1.21 bits per heavy atom. The lowest BCUT2D eigenvalue weighted by Gasteiger charge is -2.33. The maximum Gasteiger partial charge on any atom is 0.271 e. The number of benzene rings is 6. The topological polar surface area (TPSA) is 92.5 Å². The van der Waals surface area contributed by atoms with E-state index in [1.165, 1.54) is 18.2 Å². The van der Waals surface area contributed by atoms with Crippen molar-refractivity contribution in [1.29, 1.82) is 0 Å². The fourth-order valence-corrected chi connectivity index (χ4v) is 11.1. The van der Waals surface area contributed by atoms with Crippen molar-refractivity contribution in [2.75, 3.05) is 5.32 Å². The number of nitro groups is 1. The Bertz CT molecular complexity index is 2060. The summed E-state index contributed by atoms with van der Waals surface area (Å²) in [5.74, 6) is -0.890. The fourth-order valence-electron chi connectivity index (χ4n) is 5.97. The summed E-state index contributed by atoms with van der Waals surface area (Å²) < 4.78 is 0. The molecule has 0 saturated carbocycles. The van der Waals surface area contributed by atoms with Crippen LogP contribution in [0, 0.1) is 10.1 Å². The number of aromatic hydroxyl groups is 1. The molecule has 6 nitrogen and oxygen atoms in total. The summed E-state index contributed by atoms with van der Waals surface area (Å²) in [4.78, 5) is 24.2. The molecule has 0 aliphatic carbocycles. The van der Waals surface area contributed by atoms with Crippen molar-refractivity contribution in [3.63, 3.8) is 0 Å². The van der Waals surface area contributed by atoms with Crippen molar-refractivity contribution in [2.24, 2.45) is 0 Å². The summed E-state index contributed by atoms with van der Waals surface area (Å²) in [6, 6.07) is 48.1. The molecule has 0 saturated heterocycles. The van der Waals surface area contributed by atoms with Crippen LogP contribution in [0.25, 0.3) is 0 Å². The molecule has 6 aromatic rings. The average molecular weight is 692 g/mol. The van der Waals surface area contributed by atoms with Gasteiger partial charge in [0.2, 0.25) is 0 Å². The first-order valence-electron chi connectivity index (χ1n) is 15.0. The molecular weight excluding hydrogens is 662 g/mol. The van der Waals surface area contributed by atoms with Crippen molar-refractivity contribution in [1.82, 2.24) is 0 Å². The van der Waals surface area contributed by atoms with E-state index in [4.69, 9.17) is 23.2 Å². The molecule has 0 aliphatic rings. The number of rotatable bonds is 9. The molecule has 0 unspecified atom stereocenters. The molecule has 0 fully saturated rings. The molecule has 2 N–H and O–H groups in total. The summed E-state index contributed by atoms with van der Waals surface area (Å²) in [7, 11) is 0. The van der Waals surface area contributed by atoms with E-state index in [-0.39, 0.29) is 39.2 Å². The van der Waals surface area contributed by atoms with Crippen LogP contribution in [0.15, 0.2) is 152 Å². The first kappa shape index (κ1) is 32.8. The summed E-state index contributed by atoms with van der Waals surface area (Å²) in [5, 5.41) is 30.3. The predicted octanol–water partition coefficient (Wildman–Crippen LogP) is 8.62. The van der Waals surface area contributed by atoms with Crippen molar-refractivity contribution in [2.45, 2.75) is 6.42 Å². The second kappa shape index (κ2) is 14.3. The molecule has 0 heterocycles. The smallest absolute Gasteiger partial charge is 0.271 e. The first-order chi connectivity index (χ1) is 23.3. The normalized spacial score (nSPS) is 11.1. The Balaban J connectivity index is 1.60. The van der Waals surface area contributed by atoms with Crippen LogP contribution >= 0.6 is 30.1 Å². The minimum atomic E-state index is -2.61. The molecule has 0 radical (unpaired) electrons. The molecule has 238 valence electrons. The molecule has 6 rings (SSSR count). The van der Waals surface area contributed by atoms with Gasteiger partial charge >= 0.3 is 0 Å². The quantitative estimate of drug-likeness (QED) is 0.0903. The molecular formula is C39H29Cl2N2O4P. The minimum absolute atomic E-state index is 0.0119. The molecule has 0 bridgehead atoms. The SMILES string of the molecule is O=C(Nc1ccc([N+](=O)[O-])cc1Cl)c1cc(Cl)cc(CC(c2ccccc2)=P(c2ccccc2)(c2ccccc2)c2ccccc2)c1O. The molecule has 6 aromatic carbocycles. The molecule has 1 amide bonds. The number of nitrogens with one attached hydrogen (secondary N) is 1. The van der Waals surface area contributed by atoms with E-state index in [2.05, 4.69) is 53.8 Å². The molecule has 0 aromatic heterocycles. The monoisotopic (exact) mass is 690 g/mol. The highest BCUT2D eigenvalue weighted by molar-refractivity contribution is 7.95. The number of carbonyl (C=O) groups is 1. The highest BCUT2D eigenvalue weighted by atomic mass is 35.5. The lowest BCUT2D eigenvalue weighted by atomic mass is 10.0. The minimum Gasteiger partial charge on any atom is -0.507 e. The number of anilines is 1. The summed E-state index contributed by atoms with van der Waals surface area (Å²) in [6.45, 7) is -2.61. The number of halogens is 2. The Labute approximate surface area is 288 Å². The highest BCUT2D eigenvalue weighted by Gasteiger charge is 2.31. The number of nitrogens with zero attached hydrogens (tertiary/aromatic N) is 1. The Morgan fingerprint density at radius 3 is 1.69 bits per heavy atom.